The monoisotopic (exact) mass is 286 g/mol. The third-order valence-corrected chi connectivity index (χ3v) is 2.95. The van der Waals surface area contributed by atoms with Gasteiger partial charge in [-0.2, -0.15) is 13.1 Å². The van der Waals surface area contributed by atoms with Gasteiger partial charge in [-0.15, -0.1) is 11.6 Å². The summed E-state index contributed by atoms with van der Waals surface area (Å²) < 4.78 is 31.2. The minimum absolute atomic E-state index is 0.265. The highest BCUT2D eigenvalue weighted by molar-refractivity contribution is 7.88. The number of halogens is 1. The average molecular weight is 287 g/mol. The van der Waals surface area contributed by atoms with Gasteiger partial charge in [-0.05, 0) is 26.7 Å². The molecule has 0 unspecified atom stereocenters. The van der Waals surface area contributed by atoms with E-state index in [4.69, 9.17) is 11.6 Å². The van der Waals surface area contributed by atoms with Crippen molar-refractivity contribution >= 4 is 27.9 Å². The molecule has 0 heterocycles. The Bertz CT molecular complexity index is 319. The second kappa shape index (κ2) is 8.54. The third-order valence-electron chi connectivity index (χ3n) is 1.66. The molecule has 0 spiro atoms. The molecular formula is C9H19ClN2O4S. The van der Waals surface area contributed by atoms with Crippen LogP contribution in [0.1, 0.15) is 33.1 Å². The summed E-state index contributed by atoms with van der Waals surface area (Å²) >= 11 is 5.48. The summed E-state index contributed by atoms with van der Waals surface area (Å²) in [7, 11) is -3.82. The molecule has 0 aliphatic carbocycles. The Morgan fingerprint density at radius 3 is 2.47 bits per heavy atom. The molecule has 6 nitrogen and oxygen atoms in total. The molecule has 102 valence electrons. The smallest absolute Gasteiger partial charge is 0.422 e. The van der Waals surface area contributed by atoms with Gasteiger partial charge in [0, 0.05) is 12.4 Å². The molecule has 0 aliphatic rings. The van der Waals surface area contributed by atoms with E-state index in [1.165, 1.54) is 0 Å². The summed E-state index contributed by atoms with van der Waals surface area (Å²) in [5.74, 6) is 0.561. The molecule has 0 aromatic heterocycles. The van der Waals surface area contributed by atoms with Crippen molar-refractivity contribution in [2.75, 3.05) is 12.4 Å². The summed E-state index contributed by atoms with van der Waals surface area (Å²) in [6.45, 7) is 3.53. The van der Waals surface area contributed by atoms with Crippen LogP contribution in [0.2, 0.25) is 0 Å². The Labute approximate surface area is 107 Å². The number of carbonyl (C=O) groups excluding carboxylic acids is 1. The van der Waals surface area contributed by atoms with E-state index in [0.29, 0.717) is 12.3 Å². The molecule has 0 bridgehead atoms. The average Bonchev–Trinajstić information content (AvgIpc) is 2.14. The predicted octanol–water partition coefficient (Wildman–Crippen LogP) is 1.36. The number of hydrogen-bond donors (Lipinski definition) is 2. The van der Waals surface area contributed by atoms with E-state index < -0.39 is 16.3 Å². The molecule has 0 atom stereocenters. The van der Waals surface area contributed by atoms with Crippen molar-refractivity contribution in [2.24, 2.45) is 0 Å². The molecule has 0 radical (unpaired) electrons. The van der Waals surface area contributed by atoms with Crippen LogP contribution in [0.15, 0.2) is 0 Å². The maximum Gasteiger partial charge on any atom is 0.422 e. The predicted molar refractivity (Wildman–Crippen MR) is 66.2 cm³/mol. The van der Waals surface area contributed by atoms with Crippen molar-refractivity contribution in [2.45, 2.75) is 39.2 Å². The fraction of sp³-hybridized carbons (Fsp3) is 0.889. The highest BCUT2D eigenvalue weighted by Crippen LogP contribution is 1.96. The molecule has 0 fully saturated rings. The Kier molecular flexibility index (Phi) is 8.28. The van der Waals surface area contributed by atoms with Crippen molar-refractivity contribution in [3.63, 3.8) is 0 Å². The lowest BCUT2D eigenvalue weighted by molar-refractivity contribution is 0.121. The first-order valence-electron chi connectivity index (χ1n) is 5.41. The minimum atomic E-state index is -3.82. The van der Waals surface area contributed by atoms with E-state index in [1.807, 2.05) is 0 Å². The van der Waals surface area contributed by atoms with Crippen molar-refractivity contribution in [1.29, 1.82) is 0 Å². The lowest BCUT2D eigenvalue weighted by atomic mass is 10.2. The number of amides is 1. The number of hydrogen-bond acceptors (Lipinski definition) is 4. The third kappa shape index (κ3) is 10.3. The number of carbonyl (C=O) groups is 1. The highest BCUT2D eigenvalue weighted by Gasteiger charge is 2.15. The van der Waals surface area contributed by atoms with E-state index in [-0.39, 0.29) is 12.6 Å². The Balaban J connectivity index is 3.84. The Hall–Kier alpha value is -0.530. The van der Waals surface area contributed by atoms with Crippen LogP contribution in [0.25, 0.3) is 0 Å². The van der Waals surface area contributed by atoms with Gasteiger partial charge in [0.2, 0.25) is 0 Å². The Morgan fingerprint density at radius 2 is 1.94 bits per heavy atom. The maximum atomic E-state index is 11.3. The first-order chi connectivity index (χ1) is 7.87. The quantitative estimate of drug-likeness (QED) is 0.521. The van der Waals surface area contributed by atoms with Gasteiger partial charge in [-0.1, -0.05) is 6.42 Å². The second-order valence-electron chi connectivity index (χ2n) is 3.70. The topological polar surface area (TPSA) is 84.5 Å². The van der Waals surface area contributed by atoms with Crippen molar-refractivity contribution in [3.8, 4) is 0 Å². The van der Waals surface area contributed by atoms with E-state index in [9.17, 15) is 13.2 Å². The van der Waals surface area contributed by atoms with E-state index in [0.717, 1.165) is 12.8 Å². The molecule has 0 aromatic carbocycles. The molecule has 0 saturated heterocycles. The van der Waals surface area contributed by atoms with Crippen molar-refractivity contribution in [3.05, 3.63) is 0 Å². The fourth-order valence-corrected chi connectivity index (χ4v) is 1.93. The molecular weight excluding hydrogens is 268 g/mol. The molecule has 2 N–H and O–H groups in total. The summed E-state index contributed by atoms with van der Waals surface area (Å²) in [4.78, 5) is 11.0. The number of nitrogens with one attached hydrogen (secondary N) is 2. The van der Waals surface area contributed by atoms with Gasteiger partial charge in [0.1, 0.15) is 0 Å². The van der Waals surface area contributed by atoms with Crippen LogP contribution in [0, 0.1) is 0 Å². The van der Waals surface area contributed by atoms with Crippen LogP contribution in [0.3, 0.4) is 0 Å². The standard InChI is InChI=1S/C9H19ClN2O4S/c1-8(2)16-9(13)12-17(14,15)11-7-5-3-4-6-10/h8,11H,3-7H2,1-2H3,(H,12,13). The molecule has 0 saturated carbocycles. The van der Waals surface area contributed by atoms with Crippen LogP contribution < -0.4 is 9.44 Å². The lowest BCUT2D eigenvalue weighted by Crippen LogP contribution is -2.41. The zero-order valence-corrected chi connectivity index (χ0v) is 11.6. The maximum absolute atomic E-state index is 11.3. The van der Waals surface area contributed by atoms with Gasteiger partial charge in [-0.25, -0.2) is 9.52 Å². The fourth-order valence-electron chi connectivity index (χ4n) is 0.987. The van der Waals surface area contributed by atoms with Crippen LogP contribution in [0.5, 0.6) is 0 Å². The zero-order valence-electron chi connectivity index (χ0n) is 10.0. The second-order valence-corrected chi connectivity index (χ2v) is 5.58. The molecule has 8 heteroatoms. The van der Waals surface area contributed by atoms with Crippen LogP contribution in [-0.2, 0) is 14.9 Å². The van der Waals surface area contributed by atoms with E-state index in [2.05, 4.69) is 9.46 Å². The first-order valence-corrected chi connectivity index (χ1v) is 7.43. The number of ether oxygens (including phenoxy) is 1. The van der Waals surface area contributed by atoms with Gasteiger partial charge >= 0.3 is 16.3 Å². The summed E-state index contributed by atoms with van der Waals surface area (Å²) in [5.41, 5.74) is 0. The molecule has 17 heavy (non-hydrogen) atoms. The minimum Gasteiger partial charge on any atom is -0.446 e. The SMILES string of the molecule is CC(C)OC(=O)NS(=O)(=O)NCCCCCCl. The van der Waals surface area contributed by atoms with Crippen LogP contribution >= 0.6 is 11.6 Å². The molecule has 0 rings (SSSR count). The summed E-state index contributed by atoms with van der Waals surface area (Å²) in [6, 6.07) is 0. The zero-order chi connectivity index (χ0) is 13.3. The van der Waals surface area contributed by atoms with Crippen LogP contribution in [0.4, 0.5) is 4.79 Å². The lowest BCUT2D eigenvalue weighted by Gasteiger charge is -2.10. The van der Waals surface area contributed by atoms with Crippen LogP contribution in [-0.4, -0.2) is 33.0 Å². The van der Waals surface area contributed by atoms with Gasteiger partial charge in [0.25, 0.3) is 0 Å². The van der Waals surface area contributed by atoms with Gasteiger partial charge in [0.05, 0.1) is 6.10 Å². The summed E-state index contributed by atoms with van der Waals surface area (Å²) in [5, 5.41) is 0. The van der Waals surface area contributed by atoms with Gasteiger partial charge in [-0.3, -0.25) is 0 Å². The molecule has 1 amide bonds. The van der Waals surface area contributed by atoms with Crippen molar-refractivity contribution < 1.29 is 17.9 Å². The number of rotatable bonds is 8. The van der Waals surface area contributed by atoms with Gasteiger partial charge in [0.15, 0.2) is 0 Å². The van der Waals surface area contributed by atoms with Crippen molar-refractivity contribution in [1.82, 2.24) is 9.44 Å². The van der Waals surface area contributed by atoms with E-state index in [1.54, 1.807) is 18.6 Å². The Morgan fingerprint density at radius 1 is 1.29 bits per heavy atom. The number of alkyl halides is 1. The highest BCUT2D eigenvalue weighted by atomic mass is 35.5. The normalized spacial score (nSPS) is 11.5. The number of unbranched alkanes of at least 4 members (excludes halogenated alkanes) is 2. The van der Waals surface area contributed by atoms with E-state index >= 15 is 0 Å². The first kappa shape index (κ1) is 16.5. The molecule has 0 aromatic rings. The van der Waals surface area contributed by atoms with Gasteiger partial charge < -0.3 is 4.74 Å². The summed E-state index contributed by atoms with van der Waals surface area (Å²) in [6.07, 6.45) is 1.00. The molecule has 0 aliphatic heterocycles. The largest absolute Gasteiger partial charge is 0.446 e.